The summed E-state index contributed by atoms with van der Waals surface area (Å²) in [7, 11) is 0. The number of anilines is 3. The van der Waals surface area contributed by atoms with Gasteiger partial charge in [-0.1, -0.05) is 6.92 Å². The SMILES string of the molecule is CCCC(=O)Nc1ccc(Nc2ccc(-n3cccn3)nn2)cc1. The second-order valence-electron chi connectivity index (χ2n) is 5.23. The van der Waals surface area contributed by atoms with Crippen LogP contribution in [0.3, 0.4) is 0 Å². The van der Waals surface area contributed by atoms with Gasteiger partial charge in [0, 0.05) is 30.2 Å². The van der Waals surface area contributed by atoms with Gasteiger partial charge in [-0.05, 0) is 48.9 Å². The number of nitrogens with zero attached hydrogens (tertiary/aromatic N) is 4. The molecular formula is C17H18N6O. The molecule has 7 heteroatoms. The van der Waals surface area contributed by atoms with E-state index in [1.54, 1.807) is 10.9 Å². The molecule has 0 saturated heterocycles. The molecule has 24 heavy (non-hydrogen) atoms. The summed E-state index contributed by atoms with van der Waals surface area (Å²) in [6, 6.07) is 13.0. The number of carbonyl (C=O) groups is 1. The molecule has 1 aromatic carbocycles. The molecule has 0 bridgehead atoms. The predicted molar refractivity (Wildman–Crippen MR) is 92.4 cm³/mol. The van der Waals surface area contributed by atoms with Gasteiger partial charge < -0.3 is 10.6 Å². The van der Waals surface area contributed by atoms with Crippen LogP contribution in [0.5, 0.6) is 0 Å². The third-order valence-corrected chi connectivity index (χ3v) is 3.31. The van der Waals surface area contributed by atoms with Crippen molar-refractivity contribution in [1.82, 2.24) is 20.0 Å². The Hall–Kier alpha value is -3.22. The molecule has 0 radical (unpaired) electrons. The number of carbonyl (C=O) groups excluding carboxylic acids is 1. The van der Waals surface area contributed by atoms with Crippen LogP contribution in [0.2, 0.25) is 0 Å². The van der Waals surface area contributed by atoms with Crippen LogP contribution in [-0.4, -0.2) is 25.9 Å². The molecule has 0 aliphatic heterocycles. The van der Waals surface area contributed by atoms with Crippen molar-refractivity contribution in [2.75, 3.05) is 10.6 Å². The van der Waals surface area contributed by atoms with Crippen LogP contribution in [0.15, 0.2) is 54.9 Å². The van der Waals surface area contributed by atoms with Gasteiger partial charge in [0.2, 0.25) is 5.91 Å². The Morgan fingerprint density at radius 2 is 1.88 bits per heavy atom. The fourth-order valence-corrected chi connectivity index (χ4v) is 2.15. The molecule has 1 amide bonds. The van der Waals surface area contributed by atoms with Gasteiger partial charge >= 0.3 is 0 Å². The lowest BCUT2D eigenvalue weighted by Gasteiger charge is -2.08. The van der Waals surface area contributed by atoms with Crippen molar-refractivity contribution in [1.29, 1.82) is 0 Å². The van der Waals surface area contributed by atoms with Crippen LogP contribution >= 0.6 is 0 Å². The number of aromatic nitrogens is 4. The molecule has 0 unspecified atom stereocenters. The van der Waals surface area contributed by atoms with Gasteiger partial charge in [0.15, 0.2) is 11.6 Å². The first-order valence-corrected chi connectivity index (χ1v) is 7.75. The van der Waals surface area contributed by atoms with Gasteiger partial charge in [0.1, 0.15) is 0 Å². The zero-order valence-electron chi connectivity index (χ0n) is 13.3. The van der Waals surface area contributed by atoms with Crippen molar-refractivity contribution < 1.29 is 4.79 Å². The molecule has 0 aliphatic rings. The van der Waals surface area contributed by atoms with E-state index in [0.29, 0.717) is 18.1 Å². The number of amides is 1. The monoisotopic (exact) mass is 322 g/mol. The summed E-state index contributed by atoms with van der Waals surface area (Å²) in [5, 5.41) is 18.4. The second-order valence-corrected chi connectivity index (χ2v) is 5.23. The molecule has 0 fully saturated rings. The highest BCUT2D eigenvalue weighted by Gasteiger charge is 2.03. The van der Waals surface area contributed by atoms with Crippen LogP contribution in [0.1, 0.15) is 19.8 Å². The van der Waals surface area contributed by atoms with Crippen molar-refractivity contribution in [2.45, 2.75) is 19.8 Å². The summed E-state index contributed by atoms with van der Waals surface area (Å²) in [5.41, 5.74) is 1.64. The fourth-order valence-electron chi connectivity index (χ4n) is 2.15. The Kier molecular flexibility index (Phi) is 4.81. The quantitative estimate of drug-likeness (QED) is 0.728. The predicted octanol–water partition coefficient (Wildman–Crippen LogP) is 3.14. The molecule has 0 atom stereocenters. The number of benzene rings is 1. The topological polar surface area (TPSA) is 84.7 Å². The van der Waals surface area contributed by atoms with Gasteiger partial charge in [0.05, 0.1) is 0 Å². The first-order valence-electron chi connectivity index (χ1n) is 7.75. The maximum atomic E-state index is 11.6. The van der Waals surface area contributed by atoms with E-state index in [1.165, 1.54) is 0 Å². The highest BCUT2D eigenvalue weighted by atomic mass is 16.1. The molecule has 122 valence electrons. The maximum Gasteiger partial charge on any atom is 0.224 e. The van der Waals surface area contributed by atoms with Gasteiger partial charge in [-0.15, -0.1) is 10.2 Å². The van der Waals surface area contributed by atoms with Crippen LogP contribution in [0, 0.1) is 0 Å². The summed E-state index contributed by atoms with van der Waals surface area (Å²) in [4.78, 5) is 11.6. The zero-order chi connectivity index (χ0) is 16.8. The summed E-state index contributed by atoms with van der Waals surface area (Å²) >= 11 is 0. The molecule has 2 heterocycles. The standard InChI is InChI=1S/C17H18N6O/c1-2-4-17(24)20-14-7-5-13(6-8-14)19-15-9-10-16(22-21-15)23-12-3-11-18-23/h3,5-12H,2,4H2,1H3,(H,19,21)(H,20,24). The largest absolute Gasteiger partial charge is 0.339 e. The summed E-state index contributed by atoms with van der Waals surface area (Å²) < 4.78 is 1.64. The number of hydrogen-bond donors (Lipinski definition) is 2. The first-order chi connectivity index (χ1) is 11.7. The minimum Gasteiger partial charge on any atom is -0.339 e. The van der Waals surface area contributed by atoms with E-state index >= 15 is 0 Å². The van der Waals surface area contributed by atoms with Crippen LogP contribution in [0.4, 0.5) is 17.2 Å². The summed E-state index contributed by atoms with van der Waals surface area (Å²) in [6.07, 6.45) is 4.86. The van der Waals surface area contributed by atoms with E-state index in [0.717, 1.165) is 17.8 Å². The zero-order valence-corrected chi connectivity index (χ0v) is 13.3. The Balaban J connectivity index is 1.62. The highest BCUT2D eigenvalue weighted by molar-refractivity contribution is 5.90. The van der Waals surface area contributed by atoms with E-state index in [2.05, 4.69) is 25.9 Å². The molecule has 0 aliphatic carbocycles. The Morgan fingerprint density at radius 1 is 1.08 bits per heavy atom. The Labute approximate surface area is 139 Å². The maximum absolute atomic E-state index is 11.6. The second kappa shape index (κ2) is 7.36. The van der Waals surface area contributed by atoms with Gasteiger partial charge in [-0.25, -0.2) is 4.68 Å². The molecule has 2 aromatic heterocycles. The fraction of sp³-hybridized carbons (Fsp3) is 0.176. The molecule has 0 saturated carbocycles. The molecule has 0 spiro atoms. The third-order valence-electron chi connectivity index (χ3n) is 3.31. The van der Waals surface area contributed by atoms with E-state index in [4.69, 9.17) is 0 Å². The number of hydrogen-bond acceptors (Lipinski definition) is 5. The third kappa shape index (κ3) is 3.95. The van der Waals surface area contributed by atoms with Crippen LogP contribution in [-0.2, 0) is 4.79 Å². The van der Waals surface area contributed by atoms with Crippen LogP contribution < -0.4 is 10.6 Å². The van der Waals surface area contributed by atoms with Crippen molar-refractivity contribution in [3.8, 4) is 5.82 Å². The minimum atomic E-state index is 0.0262. The smallest absolute Gasteiger partial charge is 0.224 e. The van der Waals surface area contributed by atoms with Gasteiger partial charge in [-0.3, -0.25) is 4.79 Å². The summed E-state index contributed by atoms with van der Waals surface area (Å²) in [6.45, 7) is 1.98. The molecular weight excluding hydrogens is 304 g/mol. The van der Waals surface area contributed by atoms with Crippen molar-refractivity contribution >= 4 is 23.1 Å². The van der Waals surface area contributed by atoms with Crippen molar-refractivity contribution in [3.05, 3.63) is 54.9 Å². The molecule has 2 N–H and O–H groups in total. The normalized spacial score (nSPS) is 10.4. The average Bonchev–Trinajstić information content (AvgIpc) is 3.12. The highest BCUT2D eigenvalue weighted by Crippen LogP contribution is 2.18. The average molecular weight is 322 g/mol. The Morgan fingerprint density at radius 3 is 2.50 bits per heavy atom. The minimum absolute atomic E-state index is 0.0262. The van der Waals surface area contributed by atoms with Gasteiger partial charge in [0.25, 0.3) is 0 Å². The molecule has 3 aromatic rings. The number of nitrogens with one attached hydrogen (secondary N) is 2. The lowest BCUT2D eigenvalue weighted by atomic mass is 10.2. The van der Waals surface area contributed by atoms with E-state index in [1.807, 2.05) is 55.6 Å². The van der Waals surface area contributed by atoms with Crippen molar-refractivity contribution in [2.24, 2.45) is 0 Å². The number of rotatable bonds is 6. The molecule has 7 nitrogen and oxygen atoms in total. The van der Waals surface area contributed by atoms with Crippen molar-refractivity contribution in [3.63, 3.8) is 0 Å². The first kappa shape index (κ1) is 15.7. The van der Waals surface area contributed by atoms with E-state index in [-0.39, 0.29) is 5.91 Å². The van der Waals surface area contributed by atoms with E-state index in [9.17, 15) is 4.79 Å². The lowest BCUT2D eigenvalue weighted by molar-refractivity contribution is -0.116. The lowest BCUT2D eigenvalue weighted by Crippen LogP contribution is -2.10. The van der Waals surface area contributed by atoms with E-state index < -0.39 is 0 Å². The molecule has 3 rings (SSSR count). The van der Waals surface area contributed by atoms with Crippen LogP contribution in [0.25, 0.3) is 5.82 Å². The van der Waals surface area contributed by atoms with Gasteiger partial charge in [-0.2, -0.15) is 5.10 Å². The Bertz CT molecular complexity index is 781. The summed E-state index contributed by atoms with van der Waals surface area (Å²) in [5.74, 6) is 1.31.